The van der Waals surface area contributed by atoms with Gasteiger partial charge in [0.25, 0.3) is 0 Å². The molecule has 0 amide bonds. The molecule has 0 spiro atoms. The van der Waals surface area contributed by atoms with E-state index in [1.165, 1.54) is 12.8 Å². The zero-order valence-electron chi connectivity index (χ0n) is 6.34. The molecule has 0 unspecified atom stereocenters. The Labute approximate surface area is 68.4 Å². The zero-order chi connectivity index (χ0) is 6.69. The summed E-state index contributed by atoms with van der Waals surface area (Å²) < 4.78 is 0. The van der Waals surface area contributed by atoms with Crippen molar-refractivity contribution < 1.29 is 5.11 Å². The summed E-state index contributed by atoms with van der Waals surface area (Å²) in [6, 6.07) is 0.564. The molecular weight excluding hydrogens is 150 g/mol. The summed E-state index contributed by atoms with van der Waals surface area (Å²) >= 11 is 0. The van der Waals surface area contributed by atoms with Crippen molar-refractivity contribution >= 4 is 12.4 Å². The van der Waals surface area contributed by atoms with Crippen LogP contribution in [0.25, 0.3) is 0 Å². The molecule has 0 aromatic heterocycles. The highest BCUT2D eigenvalue weighted by atomic mass is 35.5. The van der Waals surface area contributed by atoms with Gasteiger partial charge >= 0.3 is 0 Å². The molecular formula is C7H16ClNO. The molecule has 0 radical (unpaired) electrons. The van der Waals surface area contributed by atoms with Crippen molar-refractivity contribution in [1.29, 1.82) is 0 Å². The fraction of sp³-hybridized carbons (Fsp3) is 1.00. The second-order valence-electron chi connectivity index (χ2n) is 2.81. The molecule has 0 heterocycles. The van der Waals surface area contributed by atoms with Crippen LogP contribution in [0.2, 0.25) is 0 Å². The first-order valence-corrected chi connectivity index (χ1v) is 3.68. The molecule has 2 nitrogen and oxygen atoms in total. The van der Waals surface area contributed by atoms with Crippen molar-refractivity contribution in [2.75, 3.05) is 7.05 Å². The van der Waals surface area contributed by atoms with Gasteiger partial charge in [0, 0.05) is 6.04 Å². The Morgan fingerprint density at radius 3 is 2.50 bits per heavy atom. The molecule has 3 heteroatoms. The largest absolute Gasteiger partial charge is 0.393 e. The molecule has 0 saturated heterocycles. The minimum atomic E-state index is -0.0452. The van der Waals surface area contributed by atoms with Crippen LogP contribution in [-0.2, 0) is 0 Å². The Morgan fingerprint density at radius 2 is 2.10 bits per heavy atom. The minimum Gasteiger partial charge on any atom is -0.393 e. The summed E-state index contributed by atoms with van der Waals surface area (Å²) in [4.78, 5) is 0. The fourth-order valence-electron chi connectivity index (χ4n) is 1.43. The Kier molecular flexibility index (Phi) is 5.04. The van der Waals surface area contributed by atoms with Crippen LogP contribution in [0.1, 0.15) is 25.7 Å². The van der Waals surface area contributed by atoms with Gasteiger partial charge in [-0.1, -0.05) is 0 Å². The highest BCUT2D eigenvalue weighted by Crippen LogP contribution is 2.17. The van der Waals surface area contributed by atoms with E-state index in [0.717, 1.165) is 12.8 Å². The Morgan fingerprint density at radius 1 is 1.40 bits per heavy atom. The molecule has 0 aromatic carbocycles. The number of aliphatic hydroxyl groups is 1. The normalized spacial score (nSPS) is 33.0. The van der Waals surface area contributed by atoms with Crippen molar-refractivity contribution in [3.05, 3.63) is 0 Å². The first kappa shape index (κ1) is 10.2. The van der Waals surface area contributed by atoms with Crippen LogP contribution < -0.4 is 5.32 Å². The third-order valence-corrected chi connectivity index (χ3v) is 2.05. The van der Waals surface area contributed by atoms with Crippen molar-refractivity contribution in [1.82, 2.24) is 5.32 Å². The van der Waals surface area contributed by atoms with Crippen LogP contribution in [0, 0.1) is 0 Å². The third-order valence-electron chi connectivity index (χ3n) is 2.05. The lowest BCUT2D eigenvalue weighted by Gasteiger charge is -2.24. The molecule has 1 fully saturated rings. The maximum absolute atomic E-state index is 9.17. The first-order chi connectivity index (χ1) is 4.33. The monoisotopic (exact) mass is 165 g/mol. The number of hydrogen-bond donors (Lipinski definition) is 2. The molecule has 0 bridgehead atoms. The maximum atomic E-state index is 9.17. The van der Waals surface area contributed by atoms with E-state index in [1.807, 2.05) is 7.05 Å². The van der Waals surface area contributed by atoms with Gasteiger partial charge in [0.05, 0.1) is 6.10 Å². The molecule has 1 saturated carbocycles. The van der Waals surface area contributed by atoms with E-state index in [9.17, 15) is 5.11 Å². The van der Waals surface area contributed by atoms with Crippen LogP contribution in [0.5, 0.6) is 0 Å². The van der Waals surface area contributed by atoms with Crippen LogP contribution in [0.15, 0.2) is 0 Å². The number of aliphatic hydroxyl groups excluding tert-OH is 1. The Balaban J connectivity index is 0.000000810. The molecule has 2 atom stereocenters. The summed E-state index contributed by atoms with van der Waals surface area (Å²) in [5.74, 6) is 0. The number of rotatable bonds is 1. The predicted molar refractivity (Wildman–Crippen MR) is 44.6 cm³/mol. The van der Waals surface area contributed by atoms with Gasteiger partial charge in [0.2, 0.25) is 0 Å². The summed E-state index contributed by atoms with van der Waals surface area (Å²) in [7, 11) is 1.96. The highest BCUT2D eigenvalue weighted by molar-refractivity contribution is 5.85. The lowest BCUT2D eigenvalue weighted by atomic mass is 9.93. The van der Waals surface area contributed by atoms with Crippen molar-refractivity contribution in [2.24, 2.45) is 0 Å². The van der Waals surface area contributed by atoms with E-state index in [2.05, 4.69) is 5.32 Å². The molecule has 0 aliphatic heterocycles. The van der Waals surface area contributed by atoms with Crippen molar-refractivity contribution in [3.8, 4) is 0 Å². The van der Waals surface area contributed by atoms with E-state index in [4.69, 9.17) is 0 Å². The van der Waals surface area contributed by atoms with Crippen molar-refractivity contribution in [3.63, 3.8) is 0 Å². The topological polar surface area (TPSA) is 32.3 Å². The average molecular weight is 166 g/mol. The van der Waals surface area contributed by atoms with Gasteiger partial charge in [0.1, 0.15) is 0 Å². The first-order valence-electron chi connectivity index (χ1n) is 3.68. The molecule has 1 aliphatic rings. The molecule has 1 aliphatic carbocycles. The zero-order valence-corrected chi connectivity index (χ0v) is 7.16. The third kappa shape index (κ3) is 2.86. The van der Waals surface area contributed by atoms with Crippen LogP contribution in [0.4, 0.5) is 0 Å². The quantitative estimate of drug-likeness (QED) is 0.606. The molecule has 1 rings (SSSR count). The minimum absolute atomic E-state index is 0. The lowest BCUT2D eigenvalue weighted by Crippen LogP contribution is -2.33. The lowest BCUT2D eigenvalue weighted by molar-refractivity contribution is 0.114. The van der Waals surface area contributed by atoms with Gasteiger partial charge in [-0.05, 0) is 32.7 Å². The van der Waals surface area contributed by atoms with E-state index in [-0.39, 0.29) is 18.5 Å². The molecule has 2 N–H and O–H groups in total. The van der Waals surface area contributed by atoms with Crippen LogP contribution in [-0.4, -0.2) is 24.3 Å². The number of halogens is 1. The smallest absolute Gasteiger partial charge is 0.0555 e. The van der Waals surface area contributed by atoms with Gasteiger partial charge in [-0.3, -0.25) is 0 Å². The molecule has 62 valence electrons. The van der Waals surface area contributed by atoms with Crippen LogP contribution in [0.3, 0.4) is 0 Å². The molecule has 0 aromatic rings. The summed E-state index contributed by atoms with van der Waals surface area (Å²) in [6.07, 6.45) is 4.30. The standard InChI is InChI=1S/C7H15NO.ClH/c1-8-6-3-2-4-7(9)5-6;/h6-9H,2-5H2,1H3;1H/t6-,7+;/m0./s1. The second-order valence-corrected chi connectivity index (χ2v) is 2.81. The number of hydrogen-bond acceptors (Lipinski definition) is 2. The van der Waals surface area contributed by atoms with Gasteiger partial charge in [-0.15, -0.1) is 12.4 Å². The van der Waals surface area contributed by atoms with Gasteiger partial charge < -0.3 is 10.4 Å². The second kappa shape index (κ2) is 4.94. The summed E-state index contributed by atoms with van der Waals surface area (Å²) in [5.41, 5.74) is 0. The fourth-order valence-corrected chi connectivity index (χ4v) is 1.43. The van der Waals surface area contributed by atoms with E-state index >= 15 is 0 Å². The van der Waals surface area contributed by atoms with E-state index < -0.39 is 0 Å². The van der Waals surface area contributed by atoms with Gasteiger partial charge in [-0.2, -0.15) is 0 Å². The predicted octanol–water partition coefficient (Wildman–Crippen LogP) is 0.931. The molecule has 10 heavy (non-hydrogen) atoms. The average Bonchev–Trinajstić information content (AvgIpc) is 1.88. The summed E-state index contributed by atoms with van der Waals surface area (Å²) in [6.45, 7) is 0. The van der Waals surface area contributed by atoms with E-state index in [1.54, 1.807) is 0 Å². The van der Waals surface area contributed by atoms with Crippen LogP contribution >= 0.6 is 12.4 Å². The van der Waals surface area contributed by atoms with Gasteiger partial charge in [0.15, 0.2) is 0 Å². The van der Waals surface area contributed by atoms with Gasteiger partial charge in [-0.25, -0.2) is 0 Å². The summed E-state index contributed by atoms with van der Waals surface area (Å²) in [5, 5.41) is 12.3. The maximum Gasteiger partial charge on any atom is 0.0555 e. The Bertz CT molecular complexity index is 89.7. The van der Waals surface area contributed by atoms with Crippen molar-refractivity contribution in [2.45, 2.75) is 37.8 Å². The Hall–Kier alpha value is 0.210. The number of nitrogens with one attached hydrogen (secondary N) is 1. The highest BCUT2D eigenvalue weighted by Gasteiger charge is 2.17. The van der Waals surface area contributed by atoms with E-state index in [0.29, 0.717) is 6.04 Å². The SMILES string of the molecule is CN[C@H]1CCC[C@@H](O)C1.Cl.